The third-order valence-electron chi connectivity index (χ3n) is 8.69. The maximum absolute atomic E-state index is 13.1. The highest BCUT2D eigenvalue weighted by molar-refractivity contribution is 6.30. The van der Waals surface area contributed by atoms with E-state index in [1.165, 1.54) is 24.8 Å². The molecule has 1 heterocycles. The molecule has 0 spiro atoms. The van der Waals surface area contributed by atoms with Gasteiger partial charge < -0.3 is 15.4 Å². The largest absolute Gasteiger partial charge is 0.381 e. The van der Waals surface area contributed by atoms with Crippen LogP contribution in [0, 0.1) is 23.2 Å². The highest BCUT2D eigenvalue weighted by atomic mass is 35.5. The second-order valence-electron chi connectivity index (χ2n) is 10.9. The topological polar surface area (TPSA) is 67.4 Å². The summed E-state index contributed by atoms with van der Waals surface area (Å²) in [5.41, 5.74) is 0.924. The molecular formula is C26H35ClN2O3. The molecule has 1 saturated heterocycles. The standard InChI is InChI=1S/C26H35ClN2O3/c27-22-3-1-21(2-4-22)25(6-9-32-10-7-25)17-29-23(30)5-8-28-24(31)26-14-18-11-19(15-26)13-20(12-18)16-26/h1-4,18-20H,5-17H2,(H,28,31)(H,29,30). The molecule has 6 heteroatoms. The van der Waals surface area contributed by atoms with E-state index in [1.807, 2.05) is 12.1 Å². The highest BCUT2D eigenvalue weighted by Gasteiger charge is 2.54. The van der Waals surface area contributed by atoms with E-state index in [1.54, 1.807) is 0 Å². The molecule has 0 atom stereocenters. The minimum atomic E-state index is -0.147. The number of hydrogen-bond acceptors (Lipinski definition) is 3. The minimum absolute atomic E-state index is 0.00403. The van der Waals surface area contributed by atoms with Crippen LogP contribution >= 0.6 is 11.6 Å². The number of carbonyl (C=O) groups is 2. The molecule has 32 heavy (non-hydrogen) atoms. The van der Waals surface area contributed by atoms with E-state index >= 15 is 0 Å². The van der Waals surface area contributed by atoms with Crippen LogP contribution in [0.5, 0.6) is 0 Å². The predicted octanol–water partition coefficient (Wildman–Crippen LogP) is 4.23. The first-order valence-corrected chi connectivity index (χ1v) is 12.7. The van der Waals surface area contributed by atoms with Gasteiger partial charge in [0.05, 0.1) is 0 Å². The van der Waals surface area contributed by atoms with Crippen molar-refractivity contribution in [1.29, 1.82) is 0 Å². The lowest BCUT2D eigenvalue weighted by Crippen LogP contribution is -2.54. The van der Waals surface area contributed by atoms with E-state index in [2.05, 4.69) is 22.8 Å². The summed E-state index contributed by atoms with van der Waals surface area (Å²) in [6.45, 7) is 2.39. The van der Waals surface area contributed by atoms with Crippen LogP contribution < -0.4 is 10.6 Å². The van der Waals surface area contributed by atoms with Gasteiger partial charge in [-0.15, -0.1) is 0 Å². The first-order valence-electron chi connectivity index (χ1n) is 12.4. The van der Waals surface area contributed by atoms with Crippen LogP contribution in [0.3, 0.4) is 0 Å². The second kappa shape index (κ2) is 8.98. The number of carbonyl (C=O) groups excluding carboxylic acids is 2. The minimum Gasteiger partial charge on any atom is -0.381 e. The molecular weight excluding hydrogens is 424 g/mol. The zero-order valence-corrected chi connectivity index (χ0v) is 19.6. The predicted molar refractivity (Wildman–Crippen MR) is 124 cm³/mol. The van der Waals surface area contributed by atoms with Gasteiger partial charge in [0.2, 0.25) is 11.8 Å². The summed E-state index contributed by atoms with van der Waals surface area (Å²) in [7, 11) is 0. The zero-order chi connectivity index (χ0) is 22.2. The van der Waals surface area contributed by atoms with Crippen LogP contribution in [0.2, 0.25) is 5.02 Å². The van der Waals surface area contributed by atoms with Crippen molar-refractivity contribution in [3.05, 3.63) is 34.9 Å². The Morgan fingerprint density at radius 3 is 2.12 bits per heavy atom. The number of amides is 2. The van der Waals surface area contributed by atoms with Crippen molar-refractivity contribution in [3.63, 3.8) is 0 Å². The molecule has 0 unspecified atom stereocenters. The molecule has 2 amide bonds. The van der Waals surface area contributed by atoms with Gasteiger partial charge in [-0.2, -0.15) is 0 Å². The van der Waals surface area contributed by atoms with Crippen LogP contribution in [-0.2, 0) is 19.7 Å². The van der Waals surface area contributed by atoms with Gasteiger partial charge in [-0.3, -0.25) is 9.59 Å². The van der Waals surface area contributed by atoms with Crippen molar-refractivity contribution in [1.82, 2.24) is 10.6 Å². The van der Waals surface area contributed by atoms with Crippen LogP contribution in [0.4, 0.5) is 0 Å². The van der Waals surface area contributed by atoms with Gasteiger partial charge in [0.1, 0.15) is 0 Å². The van der Waals surface area contributed by atoms with Gasteiger partial charge in [-0.1, -0.05) is 23.7 Å². The van der Waals surface area contributed by atoms with Crippen molar-refractivity contribution in [2.45, 2.75) is 63.2 Å². The van der Waals surface area contributed by atoms with Crippen LogP contribution in [0.25, 0.3) is 0 Å². The van der Waals surface area contributed by atoms with Crippen molar-refractivity contribution in [2.75, 3.05) is 26.3 Å². The van der Waals surface area contributed by atoms with Gasteiger partial charge in [0.25, 0.3) is 0 Å². The fraction of sp³-hybridized carbons (Fsp3) is 0.692. The average molecular weight is 459 g/mol. The fourth-order valence-corrected chi connectivity index (χ4v) is 7.48. The Balaban J connectivity index is 1.12. The van der Waals surface area contributed by atoms with Crippen molar-refractivity contribution in [2.24, 2.45) is 23.2 Å². The SMILES string of the molecule is O=C(CCNC(=O)C12CC3CC(CC(C3)C1)C2)NCC1(c2ccc(Cl)cc2)CCOCC1. The molecule has 2 N–H and O–H groups in total. The summed E-state index contributed by atoms with van der Waals surface area (Å²) in [6, 6.07) is 7.95. The number of benzene rings is 1. The van der Waals surface area contributed by atoms with Gasteiger partial charge >= 0.3 is 0 Å². The lowest BCUT2D eigenvalue weighted by Gasteiger charge is -2.55. The van der Waals surface area contributed by atoms with Crippen molar-refractivity contribution in [3.8, 4) is 0 Å². The number of rotatable bonds is 7. The third-order valence-corrected chi connectivity index (χ3v) is 8.94. The van der Waals surface area contributed by atoms with E-state index in [4.69, 9.17) is 16.3 Å². The van der Waals surface area contributed by atoms with Crippen LogP contribution in [-0.4, -0.2) is 38.1 Å². The first kappa shape index (κ1) is 22.2. The first-order chi connectivity index (χ1) is 15.5. The van der Waals surface area contributed by atoms with E-state index in [9.17, 15) is 9.59 Å². The number of ether oxygens (including phenoxy) is 1. The van der Waals surface area contributed by atoms with Gasteiger partial charge in [-0.25, -0.2) is 0 Å². The second-order valence-corrected chi connectivity index (χ2v) is 11.3. The number of halogens is 1. The van der Waals surface area contributed by atoms with Crippen molar-refractivity contribution >= 4 is 23.4 Å². The molecule has 6 rings (SSSR count). The van der Waals surface area contributed by atoms with Crippen molar-refractivity contribution < 1.29 is 14.3 Å². The lowest BCUT2D eigenvalue weighted by molar-refractivity contribution is -0.146. The Morgan fingerprint density at radius 1 is 0.938 bits per heavy atom. The summed E-state index contributed by atoms with van der Waals surface area (Å²) in [5, 5.41) is 6.98. The molecule has 0 radical (unpaired) electrons. The Labute approximate surface area is 196 Å². The maximum Gasteiger partial charge on any atom is 0.226 e. The highest BCUT2D eigenvalue weighted by Crippen LogP contribution is 2.60. The van der Waals surface area contributed by atoms with E-state index in [0.717, 1.165) is 54.9 Å². The summed E-state index contributed by atoms with van der Waals surface area (Å²) in [6.07, 6.45) is 9.23. The molecule has 5 nitrogen and oxygen atoms in total. The quantitative estimate of drug-likeness (QED) is 0.642. The monoisotopic (exact) mass is 458 g/mol. The van der Waals surface area contributed by atoms with Gasteiger partial charge in [-0.05, 0) is 86.8 Å². The van der Waals surface area contributed by atoms with Gasteiger partial charge in [0, 0.05) is 48.6 Å². The number of nitrogens with one attached hydrogen (secondary N) is 2. The molecule has 4 bridgehead atoms. The average Bonchev–Trinajstić information content (AvgIpc) is 2.78. The van der Waals surface area contributed by atoms with E-state index in [0.29, 0.717) is 32.7 Å². The molecule has 1 aromatic carbocycles. The van der Waals surface area contributed by atoms with Crippen LogP contribution in [0.15, 0.2) is 24.3 Å². The summed E-state index contributed by atoms with van der Waals surface area (Å²) in [4.78, 5) is 25.7. The Morgan fingerprint density at radius 2 is 1.53 bits per heavy atom. The smallest absolute Gasteiger partial charge is 0.226 e. The normalized spacial score (nSPS) is 32.5. The van der Waals surface area contributed by atoms with E-state index in [-0.39, 0.29) is 22.6 Å². The Bertz CT molecular complexity index is 812. The molecule has 5 aliphatic rings. The molecule has 1 aliphatic heterocycles. The third kappa shape index (κ3) is 4.43. The fourth-order valence-electron chi connectivity index (χ4n) is 7.36. The molecule has 0 aromatic heterocycles. The lowest BCUT2D eigenvalue weighted by atomic mass is 9.49. The summed E-state index contributed by atoms with van der Waals surface area (Å²) >= 11 is 6.08. The number of hydrogen-bond donors (Lipinski definition) is 2. The molecule has 4 aliphatic carbocycles. The molecule has 5 fully saturated rings. The summed E-state index contributed by atoms with van der Waals surface area (Å²) < 4.78 is 5.58. The molecule has 4 saturated carbocycles. The summed E-state index contributed by atoms with van der Waals surface area (Å²) in [5.74, 6) is 2.44. The Kier molecular flexibility index (Phi) is 6.23. The van der Waals surface area contributed by atoms with Gasteiger partial charge in [0.15, 0.2) is 0 Å². The maximum atomic E-state index is 13.1. The molecule has 174 valence electrons. The molecule has 1 aromatic rings. The zero-order valence-electron chi connectivity index (χ0n) is 18.8. The van der Waals surface area contributed by atoms with E-state index < -0.39 is 0 Å². The van der Waals surface area contributed by atoms with Crippen LogP contribution in [0.1, 0.15) is 63.4 Å². The Hall–Kier alpha value is -1.59.